The molecule has 2 aromatic rings. The van der Waals surface area contributed by atoms with Crippen LogP contribution in [0.15, 0.2) is 18.2 Å². The lowest BCUT2D eigenvalue weighted by Crippen LogP contribution is -2.03. The first-order valence-electron chi connectivity index (χ1n) is 5.00. The van der Waals surface area contributed by atoms with Gasteiger partial charge in [-0.05, 0) is 25.1 Å². The summed E-state index contributed by atoms with van der Waals surface area (Å²) in [7, 11) is 0. The number of halogens is 1. The summed E-state index contributed by atoms with van der Waals surface area (Å²) in [6, 6.07) is 4.26. The molecule has 5 heteroatoms. The highest BCUT2D eigenvalue weighted by Gasteiger charge is 2.06. The summed E-state index contributed by atoms with van der Waals surface area (Å²) in [6.45, 7) is 2.79. The zero-order valence-corrected chi connectivity index (χ0v) is 8.90. The Labute approximate surface area is 92.3 Å². The molecule has 0 aliphatic carbocycles. The van der Waals surface area contributed by atoms with Crippen LogP contribution in [0.4, 0.5) is 10.2 Å². The summed E-state index contributed by atoms with van der Waals surface area (Å²) in [5.41, 5.74) is 6.35. The van der Waals surface area contributed by atoms with E-state index in [0.717, 1.165) is 0 Å². The summed E-state index contributed by atoms with van der Waals surface area (Å²) in [5.74, 6) is 0.443. The molecule has 0 spiro atoms. The Balaban J connectivity index is 2.46. The molecule has 0 atom stereocenters. The summed E-state index contributed by atoms with van der Waals surface area (Å²) in [6.07, 6.45) is 0. The van der Waals surface area contributed by atoms with Crippen molar-refractivity contribution < 1.29 is 9.13 Å². The monoisotopic (exact) mass is 221 g/mol. The van der Waals surface area contributed by atoms with Crippen LogP contribution in [0, 0.1) is 5.82 Å². The minimum absolute atomic E-state index is 0.277. The van der Waals surface area contributed by atoms with Crippen LogP contribution in [-0.4, -0.2) is 16.6 Å². The summed E-state index contributed by atoms with van der Waals surface area (Å²) in [4.78, 5) is 8.29. The minimum atomic E-state index is -0.347. The van der Waals surface area contributed by atoms with Crippen molar-refractivity contribution in [2.24, 2.45) is 0 Å². The molecule has 0 unspecified atom stereocenters. The number of aromatic nitrogens is 2. The number of hydrogen-bond acceptors (Lipinski definition) is 4. The molecule has 0 radical (unpaired) electrons. The largest absolute Gasteiger partial charge is 0.383 e. The van der Waals surface area contributed by atoms with E-state index in [1.54, 1.807) is 6.07 Å². The van der Waals surface area contributed by atoms with Crippen LogP contribution in [0.5, 0.6) is 0 Å². The van der Waals surface area contributed by atoms with Gasteiger partial charge in [0.25, 0.3) is 0 Å². The van der Waals surface area contributed by atoms with E-state index in [2.05, 4.69) is 9.97 Å². The zero-order chi connectivity index (χ0) is 11.5. The number of rotatable bonds is 3. The molecule has 0 fully saturated rings. The van der Waals surface area contributed by atoms with E-state index in [0.29, 0.717) is 29.9 Å². The highest BCUT2D eigenvalue weighted by molar-refractivity contribution is 5.87. The predicted octanol–water partition coefficient (Wildman–Crippen LogP) is 1.89. The zero-order valence-electron chi connectivity index (χ0n) is 8.90. The van der Waals surface area contributed by atoms with Crippen molar-refractivity contribution in [1.29, 1.82) is 0 Å². The van der Waals surface area contributed by atoms with E-state index in [1.807, 2.05) is 6.92 Å². The summed E-state index contributed by atoms with van der Waals surface area (Å²) < 4.78 is 18.2. The van der Waals surface area contributed by atoms with Gasteiger partial charge < -0.3 is 10.5 Å². The third kappa shape index (κ3) is 2.09. The molecule has 0 aliphatic rings. The van der Waals surface area contributed by atoms with Gasteiger partial charge in [0, 0.05) is 12.0 Å². The van der Waals surface area contributed by atoms with Gasteiger partial charge in [0.1, 0.15) is 18.2 Å². The Hall–Kier alpha value is -1.75. The standard InChI is InChI=1S/C11H12FN3O/c1-2-16-6-10-14-9-4-3-7(12)5-8(9)11(13)15-10/h3-5H,2,6H2,1H3,(H2,13,14,15). The highest BCUT2D eigenvalue weighted by Crippen LogP contribution is 2.18. The van der Waals surface area contributed by atoms with Crippen LogP contribution in [0.1, 0.15) is 12.7 Å². The first-order chi connectivity index (χ1) is 7.70. The molecule has 1 heterocycles. The molecule has 0 saturated heterocycles. The second-order valence-electron chi connectivity index (χ2n) is 3.32. The van der Waals surface area contributed by atoms with Gasteiger partial charge in [0.05, 0.1) is 5.52 Å². The maximum Gasteiger partial charge on any atom is 0.157 e. The lowest BCUT2D eigenvalue weighted by atomic mass is 10.2. The fourth-order valence-corrected chi connectivity index (χ4v) is 1.43. The summed E-state index contributed by atoms with van der Waals surface area (Å²) in [5, 5.41) is 0.528. The van der Waals surface area contributed by atoms with E-state index < -0.39 is 0 Å². The number of nitrogens with zero attached hydrogens (tertiary/aromatic N) is 2. The molecule has 0 saturated carbocycles. The fourth-order valence-electron chi connectivity index (χ4n) is 1.43. The van der Waals surface area contributed by atoms with E-state index in [9.17, 15) is 4.39 Å². The quantitative estimate of drug-likeness (QED) is 0.859. The first-order valence-corrected chi connectivity index (χ1v) is 5.00. The molecule has 16 heavy (non-hydrogen) atoms. The molecule has 84 valence electrons. The molecule has 0 amide bonds. The van der Waals surface area contributed by atoms with Gasteiger partial charge in [-0.3, -0.25) is 0 Å². The topological polar surface area (TPSA) is 61.0 Å². The van der Waals surface area contributed by atoms with Crippen molar-refractivity contribution in [3.8, 4) is 0 Å². The van der Waals surface area contributed by atoms with Gasteiger partial charge >= 0.3 is 0 Å². The van der Waals surface area contributed by atoms with Crippen molar-refractivity contribution in [1.82, 2.24) is 9.97 Å². The lowest BCUT2D eigenvalue weighted by molar-refractivity contribution is 0.128. The Morgan fingerprint density at radius 1 is 1.38 bits per heavy atom. The van der Waals surface area contributed by atoms with Crippen LogP contribution in [0.25, 0.3) is 10.9 Å². The minimum Gasteiger partial charge on any atom is -0.383 e. The third-order valence-electron chi connectivity index (χ3n) is 2.17. The molecule has 1 aromatic carbocycles. The van der Waals surface area contributed by atoms with E-state index in [1.165, 1.54) is 12.1 Å². The predicted molar refractivity (Wildman–Crippen MR) is 59.2 cm³/mol. The second kappa shape index (κ2) is 4.40. The number of anilines is 1. The summed E-state index contributed by atoms with van der Waals surface area (Å²) >= 11 is 0. The fraction of sp³-hybridized carbons (Fsp3) is 0.273. The van der Waals surface area contributed by atoms with Crippen LogP contribution < -0.4 is 5.73 Å². The molecule has 2 N–H and O–H groups in total. The maximum atomic E-state index is 13.0. The van der Waals surface area contributed by atoms with Crippen LogP contribution in [-0.2, 0) is 11.3 Å². The van der Waals surface area contributed by atoms with Crippen molar-refractivity contribution in [2.45, 2.75) is 13.5 Å². The van der Waals surface area contributed by atoms with Crippen molar-refractivity contribution in [2.75, 3.05) is 12.3 Å². The van der Waals surface area contributed by atoms with Gasteiger partial charge in [0.15, 0.2) is 5.82 Å². The number of benzene rings is 1. The molecule has 0 aliphatic heterocycles. The number of hydrogen-bond donors (Lipinski definition) is 1. The van der Waals surface area contributed by atoms with Crippen LogP contribution >= 0.6 is 0 Å². The van der Waals surface area contributed by atoms with Gasteiger partial charge in [-0.2, -0.15) is 0 Å². The van der Waals surface area contributed by atoms with E-state index in [-0.39, 0.29) is 11.6 Å². The smallest absolute Gasteiger partial charge is 0.157 e. The van der Waals surface area contributed by atoms with Crippen molar-refractivity contribution >= 4 is 16.7 Å². The van der Waals surface area contributed by atoms with E-state index in [4.69, 9.17) is 10.5 Å². The van der Waals surface area contributed by atoms with Crippen molar-refractivity contribution in [3.63, 3.8) is 0 Å². The number of fused-ring (bicyclic) bond motifs is 1. The lowest BCUT2D eigenvalue weighted by Gasteiger charge is -2.05. The van der Waals surface area contributed by atoms with Gasteiger partial charge in [0.2, 0.25) is 0 Å². The third-order valence-corrected chi connectivity index (χ3v) is 2.17. The Kier molecular flexibility index (Phi) is 2.96. The SMILES string of the molecule is CCOCc1nc(N)c2cc(F)ccc2n1. The molecule has 1 aromatic heterocycles. The highest BCUT2D eigenvalue weighted by atomic mass is 19.1. The average molecular weight is 221 g/mol. The molecule has 0 bridgehead atoms. The molecule has 4 nitrogen and oxygen atoms in total. The number of nitrogen functional groups attached to an aromatic ring is 1. The Bertz CT molecular complexity index is 516. The van der Waals surface area contributed by atoms with Gasteiger partial charge in [-0.15, -0.1) is 0 Å². The first kappa shape index (κ1) is 10.8. The number of nitrogens with two attached hydrogens (primary N) is 1. The number of ether oxygens (including phenoxy) is 1. The van der Waals surface area contributed by atoms with Crippen LogP contribution in [0.2, 0.25) is 0 Å². The molecule has 2 rings (SSSR count). The molecular formula is C11H12FN3O. The Morgan fingerprint density at radius 3 is 2.94 bits per heavy atom. The van der Waals surface area contributed by atoms with Gasteiger partial charge in [-0.1, -0.05) is 0 Å². The maximum absolute atomic E-state index is 13.0. The van der Waals surface area contributed by atoms with Crippen molar-refractivity contribution in [3.05, 3.63) is 29.8 Å². The Morgan fingerprint density at radius 2 is 2.19 bits per heavy atom. The molecular weight excluding hydrogens is 209 g/mol. The normalized spacial score (nSPS) is 10.9. The van der Waals surface area contributed by atoms with Gasteiger partial charge in [-0.25, -0.2) is 14.4 Å². The van der Waals surface area contributed by atoms with E-state index >= 15 is 0 Å². The average Bonchev–Trinajstić information content (AvgIpc) is 2.27. The van der Waals surface area contributed by atoms with Crippen LogP contribution in [0.3, 0.4) is 0 Å². The second-order valence-corrected chi connectivity index (χ2v) is 3.32.